The van der Waals surface area contributed by atoms with Gasteiger partial charge in [-0.3, -0.25) is 0 Å². The lowest BCUT2D eigenvalue weighted by molar-refractivity contribution is 0.188. The van der Waals surface area contributed by atoms with Crippen molar-refractivity contribution in [2.75, 3.05) is 9.80 Å². The molecule has 4 heteroatoms. The summed E-state index contributed by atoms with van der Waals surface area (Å²) in [4.78, 5) is 5.50. The van der Waals surface area contributed by atoms with Crippen LogP contribution in [-0.4, -0.2) is 6.71 Å². The maximum atomic E-state index is 2.79. The van der Waals surface area contributed by atoms with Crippen LogP contribution in [0, 0.1) is 0 Å². The van der Waals surface area contributed by atoms with Crippen LogP contribution in [0.5, 0.6) is 0 Å². The van der Waals surface area contributed by atoms with Gasteiger partial charge in [0.2, 0.25) is 0 Å². The minimum atomic E-state index is 0.0580. The molecule has 0 atom stereocenters. The highest BCUT2D eigenvalue weighted by atomic mass is 32.1. The third-order valence-electron chi connectivity index (χ3n) is 20.6. The Morgan fingerprint density at radius 1 is 0.457 bits per heavy atom. The van der Waals surface area contributed by atoms with Crippen molar-refractivity contribution in [2.45, 2.75) is 178 Å². The molecule has 2 aliphatic heterocycles. The second kappa shape index (κ2) is 13.9. The quantitative estimate of drug-likeness (QED) is 0.163. The zero-order valence-corrected chi connectivity index (χ0v) is 44.7. The molecule has 7 aliphatic carbocycles. The largest absolute Gasteiger partial charge is 0.311 e. The van der Waals surface area contributed by atoms with Crippen LogP contribution in [0.2, 0.25) is 0 Å². The normalized spacial score (nSPS) is 27.2. The van der Waals surface area contributed by atoms with Gasteiger partial charge in [-0.2, -0.15) is 0 Å². The Kier molecular flexibility index (Phi) is 8.69. The molecule has 3 heterocycles. The molecule has 7 aromatic rings. The Labute approximate surface area is 423 Å². The van der Waals surface area contributed by atoms with Gasteiger partial charge in [-0.1, -0.05) is 131 Å². The van der Waals surface area contributed by atoms with Crippen molar-refractivity contribution in [3.63, 3.8) is 0 Å². The number of hydrogen-bond acceptors (Lipinski definition) is 3. The Morgan fingerprint density at radius 2 is 0.986 bits per heavy atom. The number of rotatable bonds is 3. The maximum Gasteiger partial charge on any atom is 0.264 e. The van der Waals surface area contributed by atoms with Gasteiger partial charge in [0.25, 0.3) is 6.71 Å². The van der Waals surface area contributed by atoms with Gasteiger partial charge in [-0.15, -0.1) is 11.3 Å². The Balaban J connectivity index is 1.13. The molecule has 0 spiro atoms. The first kappa shape index (κ1) is 43.7. The second-order valence-corrected chi connectivity index (χ2v) is 28.2. The molecule has 0 N–H and O–H groups in total. The van der Waals surface area contributed by atoms with Crippen LogP contribution in [0.4, 0.5) is 34.1 Å². The highest BCUT2D eigenvalue weighted by Gasteiger charge is 2.53. The van der Waals surface area contributed by atoms with Gasteiger partial charge < -0.3 is 9.80 Å². The van der Waals surface area contributed by atoms with Crippen LogP contribution in [0.15, 0.2) is 109 Å². The van der Waals surface area contributed by atoms with E-state index in [4.69, 9.17) is 0 Å². The summed E-state index contributed by atoms with van der Waals surface area (Å²) in [7, 11) is 0. The number of thiophene rings is 1. The van der Waals surface area contributed by atoms with E-state index in [1.807, 2.05) is 0 Å². The van der Waals surface area contributed by atoms with Crippen molar-refractivity contribution in [2.24, 2.45) is 0 Å². The van der Waals surface area contributed by atoms with E-state index in [-0.39, 0.29) is 44.6 Å². The van der Waals surface area contributed by atoms with Gasteiger partial charge in [-0.25, -0.2) is 0 Å². The van der Waals surface area contributed by atoms with E-state index in [0.717, 1.165) is 0 Å². The molecule has 2 fully saturated rings. The first-order valence-corrected chi connectivity index (χ1v) is 27.9. The molecule has 9 aliphatic rings. The average Bonchev–Trinajstić information content (AvgIpc) is 3.71. The van der Waals surface area contributed by atoms with Gasteiger partial charge in [0, 0.05) is 43.3 Å². The Bertz CT molecular complexity index is 3380. The fourth-order valence-electron chi connectivity index (χ4n) is 15.5. The van der Waals surface area contributed by atoms with E-state index in [1.54, 1.807) is 22.3 Å². The predicted molar refractivity (Wildman–Crippen MR) is 302 cm³/mol. The van der Waals surface area contributed by atoms with E-state index >= 15 is 0 Å². The average molecular weight is 935 g/mol. The van der Waals surface area contributed by atoms with E-state index < -0.39 is 0 Å². The molecule has 16 rings (SSSR count). The molecule has 0 saturated heterocycles. The van der Waals surface area contributed by atoms with Gasteiger partial charge in [0.15, 0.2) is 0 Å². The summed E-state index contributed by atoms with van der Waals surface area (Å²) in [6.45, 7) is 27.4. The molecule has 0 amide bonds. The zero-order chi connectivity index (χ0) is 48.3. The lowest BCUT2D eigenvalue weighted by Crippen LogP contribution is -2.61. The maximum absolute atomic E-state index is 2.79. The molecule has 0 unspecified atom stereocenters. The summed E-state index contributed by atoms with van der Waals surface area (Å²) in [5.74, 6) is 0. The Hall–Kier alpha value is -5.06. The lowest BCUT2D eigenvalue weighted by Gasteiger charge is -2.53. The summed E-state index contributed by atoms with van der Waals surface area (Å²) < 4.78 is 2.97. The van der Waals surface area contributed by atoms with Crippen LogP contribution in [0.25, 0.3) is 21.2 Å². The number of fused-ring (bicyclic) bond motifs is 11. The van der Waals surface area contributed by atoms with Crippen molar-refractivity contribution >= 4 is 78.0 Å². The molecule has 0 radical (unpaired) electrons. The number of hydrogen-bond donors (Lipinski definition) is 0. The van der Waals surface area contributed by atoms with Crippen molar-refractivity contribution in [3.05, 3.63) is 148 Å². The van der Waals surface area contributed by atoms with E-state index in [1.165, 1.54) is 152 Å². The van der Waals surface area contributed by atoms with Crippen LogP contribution in [0.3, 0.4) is 0 Å². The van der Waals surface area contributed by atoms with Gasteiger partial charge in [0.05, 0.1) is 5.69 Å². The molecule has 2 nitrogen and oxygen atoms in total. The molecule has 4 bridgehead atoms. The van der Waals surface area contributed by atoms with E-state index in [0.29, 0.717) is 0 Å². The molecule has 1 aromatic heterocycles. The Morgan fingerprint density at radius 3 is 1.59 bits per heavy atom. The predicted octanol–water partition coefficient (Wildman–Crippen LogP) is 16.5. The number of anilines is 6. The fourth-order valence-corrected chi connectivity index (χ4v) is 16.9. The van der Waals surface area contributed by atoms with Crippen LogP contribution in [0.1, 0.15) is 179 Å². The molecule has 354 valence electrons. The minimum absolute atomic E-state index is 0.0580. The highest BCUT2D eigenvalue weighted by Crippen LogP contribution is 2.61. The summed E-state index contributed by atoms with van der Waals surface area (Å²) in [6, 6.07) is 44.7. The summed E-state index contributed by atoms with van der Waals surface area (Å²) in [5, 5.41) is 1.45. The molecule has 70 heavy (non-hydrogen) atoms. The van der Waals surface area contributed by atoms with Crippen molar-refractivity contribution < 1.29 is 0 Å². The highest BCUT2D eigenvalue weighted by molar-refractivity contribution is 7.33. The summed E-state index contributed by atoms with van der Waals surface area (Å²) in [5.41, 5.74) is 25.4. The van der Waals surface area contributed by atoms with Crippen molar-refractivity contribution in [1.29, 1.82) is 0 Å². The second-order valence-electron chi connectivity index (χ2n) is 27.1. The first-order chi connectivity index (χ1) is 33.2. The monoisotopic (exact) mass is 935 g/mol. The standard InChI is InChI=1S/C66H71BN2S/c1-60(2,3)42-17-19-43(20-18-42)68-53-38-50-49(64(9)27-29-65(50,10)30-28-64)37-52(53)67-57-54(68)33-41(40-15-13-12-14-16-40)34-55(57)69(44-21-22-46-47(35-44)62(6,7)24-23-61(46,4)5)58-45-36-48-51(39-56(45)70-59(58)67)66(11)31-25-63(48,8)26-32-66/h12-22,33-39H,23-32H2,1-11H3. The fraction of sp³-hybridized carbons (Fsp3) is 0.424. The van der Waals surface area contributed by atoms with Crippen molar-refractivity contribution in [1.82, 2.24) is 0 Å². The van der Waals surface area contributed by atoms with Crippen LogP contribution in [-0.2, 0) is 37.9 Å². The van der Waals surface area contributed by atoms with E-state index in [2.05, 4.69) is 206 Å². The molecule has 2 saturated carbocycles. The number of benzene rings is 6. The van der Waals surface area contributed by atoms with Gasteiger partial charge in [0.1, 0.15) is 0 Å². The molecular weight excluding hydrogens is 864 g/mol. The summed E-state index contributed by atoms with van der Waals surface area (Å²) >= 11 is 2.12. The van der Waals surface area contributed by atoms with Gasteiger partial charge >= 0.3 is 0 Å². The third kappa shape index (κ3) is 5.86. The summed E-state index contributed by atoms with van der Waals surface area (Å²) in [6.07, 6.45) is 12.6. The van der Waals surface area contributed by atoms with Crippen molar-refractivity contribution in [3.8, 4) is 11.1 Å². The van der Waals surface area contributed by atoms with Crippen LogP contribution < -0.4 is 25.5 Å². The van der Waals surface area contributed by atoms with Crippen LogP contribution >= 0.6 is 11.3 Å². The molecule has 6 aromatic carbocycles. The van der Waals surface area contributed by atoms with E-state index in [9.17, 15) is 0 Å². The molecular formula is C66H71BN2S. The topological polar surface area (TPSA) is 6.48 Å². The lowest BCUT2D eigenvalue weighted by atomic mass is 9.35. The smallest absolute Gasteiger partial charge is 0.264 e. The third-order valence-corrected chi connectivity index (χ3v) is 21.9. The number of nitrogens with zero attached hydrogens (tertiary/aromatic N) is 2. The van der Waals surface area contributed by atoms with Gasteiger partial charge in [-0.05, 0) is 218 Å². The SMILES string of the molecule is CC(C)(C)c1ccc(N2c3cc4c(cc3B3c5sc6cc7c(cc6c5N(c5ccc6c(c5)C(C)(C)CCC6(C)C)c5cc(-c6ccccc6)cc2c53)C2(C)CCC7(C)CC2)C2(C)CCC4(C)CC2)cc1. The first-order valence-electron chi connectivity index (χ1n) is 27.1. The zero-order valence-electron chi connectivity index (χ0n) is 43.8. The minimum Gasteiger partial charge on any atom is -0.311 e.